The molecule has 1 aromatic heterocycles. The van der Waals surface area contributed by atoms with Crippen LogP contribution in [-0.4, -0.2) is 17.1 Å². The maximum Gasteiger partial charge on any atom is 0.280 e. The first-order valence-corrected chi connectivity index (χ1v) is 3.94. The Morgan fingerprint density at radius 1 is 1.45 bits per heavy atom. The Kier molecular flexibility index (Phi) is 1.40. The van der Waals surface area contributed by atoms with E-state index in [1.54, 1.807) is 12.3 Å². The molecule has 2 rings (SSSR count). The Morgan fingerprint density at radius 2 is 2.36 bits per heavy atom. The normalized spacial score (nSPS) is 15.6. The van der Waals surface area contributed by atoms with Crippen molar-refractivity contribution in [1.29, 1.82) is 0 Å². The van der Waals surface area contributed by atoms with Crippen LogP contribution in [0.3, 0.4) is 0 Å². The molecule has 3 nitrogen and oxygen atoms in total. The Labute approximate surface area is 67.1 Å². The summed E-state index contributed by atoms with van der Waals surface area (Å²) in [5.41, 5.74) is 0.597. The highest BCUT2D eigenvalue weighted by atomic mass is 32.1. The van der Waals surface area contributed by atoms with Crippen LogP contribution in [0, 0.1) is 0 Å². The van der Waals surface area contributed by atoms with E-state index in [4.69, 9.17) is 0 Å². The maximum absolute atomic E-state index is 11.0. The summed E-state index contributed by atoms with van der Waals surface area (Å²) in [6.45, 7) is 0. The molecule has 0 bridgehead atoms. The second kappa shape index (κ2) is 2.39. The van der Waals surface area contributed by atoms with Crippen molar-refractivity contribution in [3.63, 3.8) is 0 Å². The Morgan fingerprint density at radius 3 is 2.91 bits per heavy atom. The van der Waals surface area contributed by atoms with E-state index in [9.17, 15) is 4.79 Å². The van der Waals surface area contributed by atoms with Crippen LogP contribution in [0.5, 0.6) is 0 Å². The third kappa shape index (κ3) is 1.01. The van der Waals surface area contributed by atoms with E-state index in [0.29, 0.717) is 5.57 Å². The predicted octanol–water partition coefficient (Wildman–Crippen LogP) is 1.14. The van der Waals surface area contributed by atoms with E-state index in [1.165, 1.54) is 17.6 Å². The number of amides is 1. The zero-order valence-corrected chi connectivity index (χ0v) is 6.34. The molecule has 54 valence electrons. The SMILES string of the molecule is O=C1N=CC=C1c1nccs1. The first kappa shape index (κ1) is 6.42. The first-order chi connectivity index (χ1) is 5.38. The molecule has 0 N–H and O–H groups in total. The van der Waals surface area contributed by atoms with Crippen LogP contribution in [0.25, 0.3) is 5.57 Å². The van der Waals surface area contributed by atoms with E-state index in [-0.39, 0.29) is 5.91 Å². The van der Waals surface area contributed by atoms with E-state index in [1.807, 2.05) is 5.38 Å². The summed E-state index contributed by atoms with van der Waals surface area (Å²) in [7, 11) is 0. The first-order valence-electron chi connectivity index (χ1n) is 3.06. The number of carbonyl (C=O) groups excluding carboxylic acids is 1. The fraction of sp³-hybridized carbons (Fsp3) is 0. The molecule has 2 heterocycles. The fourth-order valence-corrected chi connectivity index (χ4v) is 1.49. The molecule has 11 heavy (non-hydrogen) atoms. The molecule has 0 saturated carbocycles. The highest BCUT2D eigenvalue weighted by Crippen LogP contribution is 2.20. The van der Waals surface area contributed by atoms with Crippen molar-refractivity contribution in [3.05, 3.63) is 22.7 Å². The van der Waals surface area contributed by atoms with Crippen molar-refractivity contribution in [2.24, 2.45) is 4.99 Å². The average molecular weight is 164 g/mol. The molecule has 0 spiro atoms. The van der Waals surface area contributed by atoms with Gasteiger partial charge in [-0.1, -0.05) is 0 Å². The third-order valence-electron chi connectivity index (χ3n) is 1.33. The lowest BCUT2D eigenvalue weighted by Crippen LogP contribution is -1.91. The van der Waals surface area contributed by atoms with Gasteiger partial charge in [0, 0.05) is 17.8 Å². The summed E-state index contributed by atoms with van der Waals surface area (Å²) in [4.78, 5) is 18.6. The number of aliphatic imine (C=N–C) groups is 1. The molecule has 0 unspecified atom stereocenters. The molecular formula is C7H4N2OS. The van der Waals surface area contributed by atoms with E-state index in [2.05, 4.69) is 9.98 Å². The molecule has 0 aromatic carbocycles. The molecule has 4 heteroatoms. The number of nitrogens with zero attached hydrogens (tertiary/aromatic N) is 2. The smallest absolute Gasteiger partial charge is 0.267 e. The Balaban J connectivity index is 2.40. The maximum atomic E-state index is 11.0. The van der Waals surface area contributed by atoms with Crippen LogP contribution in [0.2, 0.25) is 0 Å². The summed E-state index contributed by atoms with van der Waals surface area (Å²) >= 11 is 1.44. The number of hydrogen-bond acceptors (Lipinski definition) is 3. The van der Waals surface area contributed by atoms with Gasteiger partial charge in [0.1, 0.15) is 5.01 Å². The Bertz CT molecular complexity index is 337. The third-order valence-corrected chi connectivity index (χ3v) is 2.13. The van der Waals surface area contributed by atoms with Crippen molar-refractivity contribution >= 4 is 29.0 Å². The van der Waals surface area contributed by atoms with Crippen LogP contribution < -0.4 is 0 Å². The summed E-state index contributed by atoms with van der Waals surface area (Å²) in [5.74, 6) is -0.194. The van der Waals surface area contributed by atoms with Gasteiger partial charge in [0.25, 0.3) is 5.91 Å². The van der Waals surface area contributed by atoms with Gasteiger partial charge in [0.2, 0.25) is 0 Å². The molecular weight excluding hydrogens is 160 g/mol. The molecule has 0 saturated heterocycles. The zero-order valence-electron chi connectivity index (χ0n) is 5.52. The minimum atomic E-state index is -0.194. The monoisotopic (exact) mass is 164 g/mol. The van der Waals surface area contributed by atoms with Crippen LogP contribution in [0.1, 0.15) is 5.01 Å². The van der Waals surface area contributed by atoms with Gasteiger partial charge >= 0.3 is 0 Å². The highest BCUT2D eigenvalue weighted by Gasteiger charge is 2.15. The van der Waals surface area contributed by atoms with Gasteiger partial charge < -0.3 is 0 Å². The van der Waals surface area contributed by atoms with Gasteiger partial charge in [-0.3, -0.25) is 4.79 Å². The molecule has 0 aliphatic carbocycles. The van der Waals surface area contributed by atoms with E-state index < -0.39 is 0 Å². The lowest BCUT2D eigenvalue weighted by Gasteiger charge is -1.89. The summed E-state index contributed by atoms with van der Waals surface area (Å²) in [5, 5.41) is 2.58. The minimum Gasteiger partial charge on any atom is -0.267 e. The average Bonchev–Trinajstić information content (AvgIpc) is 2.55. The van der Waals surface area contributed by atoms with Crippen molar-refractivity contribution < 1.29 is 4.79 Å². The molecule has 0 fully saturated rings. The van der Waals surface area contributed by atoms with Crippen molar-refractivity contribution in [2.45, 2.75) is 0 Å². The number of allylic oxidation sites excluding steroid dienone is 1. The van der Waals surface area contributed by atoms with Gasteiger partial charge in [0.05, 0.1) is 5.57 Å². The van der Waals surface area contributed by atoms with Crippen molar-refractivity contribution in [3.8, 4) is 0 Å². The molecule has 0 atom stereocenters. The van der Waals surface area contributed by atoms with Crippen molar-refractivity contribution in [1.82, 2.24) is 4.98 Å². The molecule has 1 aromatic rings. The topological polar surface area (TPSA) is 42.3 Å². The fourth-order valence-electron chi connectivity index (χ4n) is 0.840. The summed E-state index contributed by atoms with van der Waals surface area (Å²) < 4.78 is 0. The number of aromatic nitrogens is 1. The van der Waals surface area contributed by atoms with Gasteiger partial charge in [0.15, 0.2) is 0 Å². The number of rotatable bonds is 1. The molecule has 1 amide bonds. The minimum absolute atomic E-state index is 0.194. The zero-order chi connectivity index (χ0) is 7.68. The predicted molar refractivity (Wildman–Crippen MR) is 43.6 cm³/mol. The molecule has 1 aliphatic rings. The summed E-state index contributed by atoms with van der Waals surface area (Å²) in [6, 6.07) is 0. The van der Waals surface area contributed by atoms with E-state index in [0.717, 1.165) is 5.01 Å². The van der Waals surface area contributed by atoms with Crippen LogP contribution in [-0.2, 0) is 4.79 Å². The number of hydrogen-bond donors (Lipinski definition) is 0. The highest BCUT2D eigenvalue weighted by molar-refractivity contribution is 7.11. The van der Waals surface area contributed by atoms with Crippen LogP contribution in [0.15, 0.2) is 22.6 Å². The second-order valence-corrected chi connectivity index (χ2v) is 2.90. The largest absolute Gasteiger partial charge is 0.280 e. The van der Waals surface area contributed by atoms with Crippen LogP contribution >= 0.6 is 11.3 Å². The van der Waals surface area contributed by atoms with E-state index >= 15 is 0 Å². The molecule has 1 aliphatic heterocycles. The van der Waals surface area contributed by atoms with Gasteiger partial charge in [-0.05, 0) is 6.08 Å². The Hall–Kier alpha value is -1.29. The van der Waals surface area contributed by atoms with Gasteiger partial charge in [-0.25, -0.2) is 9.98 Å². The number of thiazole rings is 1. The number of carbonyl (C=O) groups is 1. The molecule has 0 radical (unpaired) electrons. The lowest BCUT2D eigenvalue weighted by atomic mass is 10.3. The quantitative estimate of drug-likeness (QED) is 0.624. The standard InChI is InChI=1S/C7H4N2OS/c10-6-5(1-2-8-6)7-9-3-4-11-7/h1-4H. The summed E-state index contributed by atoms with van der Waals surface area (Å²) in [6.07, 6.45) is 4.85. The van der Waals surface area contributed by atoms with Crippen LogP contribution in [0.4, 0.5) is 0 Å². The van der Waals surface area contributed by atoms with Gasteiger partial charge in [-0.2, -0.15) is 0 Å². The van der Waals surface area contributed by atoms with Gasteiger partial charge in [-0.15, -0.1) is 11.3 Å². The second-order valence-electron chi connectivity index (χ2n) is 2.00. The van der Waals surface area contributed by atoms with Crippen molar-refractivity contribution in [2.75, 3.05) is 0 Å². The lowest BCUT2D eigenvalue weighted by molar-refractivity contribution is -0.112.